The number of hydrogen-bond acceptors (Lipinski definition) is 8. The number of aryl methyl sites for hydroxylation is 1. The molecule has 48 heavy (non-hydrogen) atoms. The molecule has 5 N–H and O–H groups in total. The topological polar surface area (TPSA) is 152 Å². The van der Waals surface area contributed by atoms with Crippen molar-refractivity contribution in [3.05, 3.63) is 65.0 Å². The molecule has 0 aromatic heterocycles. The fraction of sp³-hybridized carbons (Fsp3) is 0.433. The number of nitrogens with two attached hydrogens (primary N) is 1. The van der Waals surface area contributed by atoms with Crippen LogP contribution < -0.4 is 21.1 Å². The van der Waals surface area contributed by atoms with Gasteiger partial charge in [-0.1, -0.05) is 30.3 Å². The van der Waals surface area contributed by atoms with Gasteiger partial charge in [-0.15, -0.1) is 0 Å². The first-order valence-corrected chi connectivity index (χ1v) is 15.3. The normalized spacial score (nSPS) is 16.8. The zero-order chi connectivity index (χ0) is 35.8. The summed E-state index contributed by atoms with van der Waals surface area (Å²) < 4.78 is 101. The van der Waals surface area contributed by atoms with Crippen molar-refractivity contribution in [2.75, 3.05) is 18.2 Å². The first kappa shape index (κ1) is 38.3. The van der Waals surface area contributed by atoms with Crippen molar-refractivity contribution in [1.29, 1.82) is 0 Å². The van der Waals surface area contributed by atoms with E-state index in [1.54, 1.807) is 25.1 Å². The predicted molar refractivity (Wildman–Crippen MR) is 162 cm³/mol. The molecule has 0 bridgehead atoms. The number of carbonyl (C=O) groups is 4. The molecule has 3 rings (SSSR count). The number of esters is 1. The molecule has 1 aliphatic heterocycles. The molecule has 0 fully saturated rings. The highest BCUT2D eigenvalue weighted by Gasteiger charge is 2.41. The highest BCUT2D eigenvalue weighted by Crippen LogP contribution is 2.34. The molecule has 262 valence electrons. The molecule has 1 aliphatic rings. The maximum absolute atomic E-state index is 14.2. The molecular formula is C30H32F7N5O5S. The van der Waals surface area contributed by atoms with E-state index in [-0.39, 0.29) is 22.7 Å². The number of rotatable bonds is 13. The Morgan fingerprint density at radius 2 is 1.60 bits per heavy atom. The second kappa shape index (κ2) is 16.3. The van der Waals surface area contributed by atoms with Gasteiger partial charge in [-0.25, -0.2) is 9.38 Å². The molecular weight excluding hydrogens is 675 g/mol. The second-order valence-electron chi connectivity index (χ2n) is 10.8. The van der Waals surface area contributed by atoms with Crippen LogP contribution in [0.15, 0.2) is 47.5 Å². The minimum atomic E-state index is -4.87. The SMILES string of the molecule is COC(=O)[C@@H](N)CSNC(=O)[C@@H](CCC(F)(F)F)[C@@H](CCC(F)(F)F)C(=O)N[C@H]1N=C(c2cccc(F)c2)c2cccc(C)c2NC1=O. The molecule has 10 nitrogen and oxygen atoms in total. The molecule has 0 unspecified atom stereocenters. The monoisotopic (exact) mass is 707 g/mol. The van der Waals surface area contributed by atoms with E-state index in [1.807, 2.05) is 0 Å². The summed E-state index contributed by atoms with van der Waals surface area (Å²) in [5, 5.41) is 4.78. The molecule has 3 amide bonds. The molecule has 4 atom stereocenters. The summed E-state index contributed by atoms with van der Waals surface area (Å²) in [7, 11) is 1.04. The summed E-state index contributed by atoms with van der Waals surface area (Å²) in [6.07, 6.45) is -17.1. The number of nitrogens with one attached hydrogen (secondary N) is 3. The van der Waals surface area contributed by atoms with E-state index >= 15 is 0 Å². The van der Waals surface area contributed by atoms with Crippen molar-refractivity contribution in [3.8, 4) is 0 Å². The average molecular weight is 708 g/mol. The van der Waals surface area contributed by atoms with Crippen molar-refractivity contribution in [2.45, 2.75) is 57.2 Å². The van der Waals surface area contributed by atoms with Gasteiger partial charge in [0.15, 0.2) is 0 Å². The lowest BCUT2D eigenvalue weighted by molar-refractivity contribution is -0.152. The van der Waals surface area contributed by atoms with Crippen LogP contribution in [-0.2, 0) is 23.9 Å². The number of alkyl halides is 6. The van der Waals surface area contributed by atoms with Gasteiger partial charge in [0.05, 0.1) is 24.4 Å². The van der Waals surface area contributed by atoms with Crippen molar-refractivity contribution in [2.24, 2.45) is 22.6 Å². The van der Waals surface area contributed by atoms with Gasteiger partial charge in [-0.2, -0.15) is 26.3 Å². The van der Waals surface area contributed by atoms with Crippen molar-refractivity contribution in [1.82, 2.24) is 10.0 Å². The number of para-hydroxylation sites is 1. The minimum absolute atomic E-state index is 0.0217. The molecule has 18 heteroatoms. The van der Waals surface area contributed by atoms with Gasteiger partial charge >= 0.3 is 18.3 Å². The average Bonchev–Trinajstić information content (AvgIpc) is 3.13. The Morgan fingerprint density at radius 3 is 2.19 bits per heavy atom. The number of hydrogen-bond donors (Lipinski definition) is 4. The largest absolute Gasteiger partial charge is 0.468 e. The number of amides is 3. The zero-order valence-electron chi connectivity index (χ0n) is 25.5. The molecule has 2 aromatic carbocycles. The van der Waals surface area contributed by atoms with Crippen LogP contribution in [0, 0.1) is 24.6 Å². The Morgan fingerprint density at radius 1 is 1.00 bits per heavy atom. The molecule has 1 heterocycles. The van der Waals surface area contributed by atoms with Gasteiger partial charge < -0.3 is 21.1 Å². The van der Waals surface area contributed by atoms with Crippen molar-refractivity contribution in [3.63, 3.8) is 0 Å². The number of nitrogens with zero attached hydrogens (tertiary/aromatic N) is 1. The van der Waals surface area contributed by atoms with Gasteiger partial charge in [0.25, 0.3) is 5.91 Å². The van der Waals surface area contributed by atoms with Crippen molar-refractivity contribution < 1.29 is 54.6 Å². The number of benzodiazepines with no additional fused rings is 1. The maximum Gasteiger partial charge on any atom is 0.389 e. The van der Waals surface area contributed by atoms with E-state index in [4.69, 9.17) is 5.73 Å². The van der Waals surface area contributed by atoms with E-state index in [2.05, 4.69) is 25.1 Å². The number of methoxy groups -OCH3 is 1. The summed E-state index contributed by atoms with van der Waals surface area (Å²) in [6.45, 7) is 1.65. The van der Waals surface area contributed by atoms with E-state index in [0.717, 1.165) is 19.2 Å². The third-order valence-electron chi connectivity index (χ3n) is 7.24. The van der Waals surface area contributed by atoms with Crippen LogP contribution in [-0.4, -0.2) is 66.8 Å². The van der Waals surface area contributed by atoms with Crippen LogP contribution >= 0.6 is 11.9 Å². The molecule has 0 aliphatic carbocycles. The Hall–Kier alpha value is -4.19. The van der Waals surface area contributed by atoms with Gasteiger partial charge in [0.2, 0.25) is 18.0 Å². The van der Waals surface area contributed by atoms with E-state index in [0.29, 0.717) is 23.1 Å². The lowest BCUT2D eigenvalue weighted by Gasteiger charge is -2.27. The Balaban J connectivity index is 2.00. The number of aliphatic imine (C=N–C) groups is 1. The zero-order valence-corrected chi connectivity index (χ0v) is 26.3. The highest BCUT2D eigenvalue weighted by atomic mass is 32.2. The predicted octanol–water partition coefficient (Wildman–Crippen LogP) is 4.55. The van der Waals surface area contributed by atoms with Crippen LogP contribution in [0.3, 0.4) is 0 Å². The van der Waals surface area contributed by atoms with E-state index in [9.17, 15) is 49.9 Å². The summed E-state index contributed by atoms with van der Waals surface area (Å²) in [5.74, 6) is -9.40. The number of carbonyl (C=O) groups excluding carboxylic acids is 4. The highest BCUT2D eigenvalue weighted by molar-refractivity contribution is 7.98. The van der Waals surface area contributed by atoms with E-state index < -0.39 is 91.6 Å². The smallest absolute Gasteiger partial charge is 0.389 e. The number of ether oxygens (including phenoxy) is 1. The minimum Gasteiger partial charge on any atom is -0.468 e. The first-order valence-electron chi connectivity index (χ1n) is 14.3. The lowest BCUT2D eigenvalue weighted by atomic mass is 9.83. The van der Waals surface area contributed by atoms with Crippen LogP contribution in [0.2, 0.25) is 0 Å². The third-order valence-corrected chi connectivity index (χ3v) is 8.11. The molecule has 0 saturated carbocycles. The second-order valence-corrected chi connectivity index (χ2v) is 11.6. The summed E-state index contributed by atoms with van der Waals surface area (Å²) >= 11 is 0.483. The fourth-order valence-corrected chi connectivity index (χ4v) is 5.54. The first-order chi connectivity index (χ1) is 22.4. The van der Waals surface area contributed by atoms with Crippen molar-refractivity contribution >= 4 is 47.0 Å². The quantitative estimate of drug-likeness (QED) is 0.136. The third kappa shape index (κ3) is 10.9. The van der Waals surface area contributed by atoms with Crippen LogP contribution in [0.5, 0.6) is 0 Å². The Bertz CT molecular complexity index is 1540. The van der Waals surface area contributed by atoms with Gasteiger partial charge in [-0.3, -0.25) is 23.9 Å². The van der Waals surface area contributed by atoms with Gasteiger partial charge in [0, 0.05) is 35.6 Å². The summed E-state index contributed by atoms with van der Waals surface area (Å²) in [4.78, 5) is 56.0. The lowest BCUT2D eigenvalue weighted by Crippen LogP contribution is -2.48. The maximum atomic E-state index is 14.2. The van der Waals surface area contributed by atoms with Crippen LogP contribution in [0.1, 0.15) is 42.4 Å². The Kier molecular flexibility index (Phi) is 13.0. The summed E-state index contributed by atoms with van der Waals surface area (Å²) in [5.41, 5.74) is 6.91. The molecule has 0 saturated heterocycles. The number of anilines is 1. The fourth-order valence-electron chi connectivity index (χ4n) is 4.85. The van der Waals surface area contributed by atoms with Crippen LogP contribution in [0.4, 0.5) is 36.4 Å². The number of fused-ring (bicyclic) bond motifs is 1. The number of halogens is 7. The Labute approximate surface area is 274 Å². The molecule has 0 radical (unpaired) electrons. The van der Waals surface area contributed by atoms with Crippen LogP contribution in [0.25, 0.3) is 0 Å². The van der Waals surface area contributed by atoms with Gasteiger partial charge in [-0.05, 0) is 49.4 Å². The van der Waals surface area contributed by atoms with E-state index in [1.165, 1.54) is 12.1 Å². The summed E-state index contributed by atoms with van der Waals surface area (Å²) in [6, 6.07) is 8.66. The standard InChI is InChI=1S/C30H32F7N5O5S/c1-15-5-3-8-20-22(15)40-27(45)24(39-23(20)16-6-4-7-17(31)13-16)41-25(43)18(9-11-29(32,33)34)19(10-12-30(35,36)37)26(44)42-48-14-21(38)28(46)47-2/h3-8,13,18-19,21,24H,9-12,14,38H2,1-2H3,(H,40,45)(H,41,43)(H,42,44)/t18-,19+,21+,24-/m1/s1. The number of benzene rings is 2. The van der Waals surface area contributed by atoms with Gasteiger partial charge in [0.1, 0.15) is 11.9 Å². The molecule has 2 aromatic rings. The molecule has 0 spiro atoms.